The highest BCUT2D eigenvalue weighted by molar-refractivity contribution is 5.93. The quantitative estimate of drug-likeness (QED) is 0.137. The smallest absolute Gasteiger partial charge is 0.307 e. The van der Waals surface area contributed by atoms with E-state index in [1.807, 2.05) is 61.5 Å². The first-order valence-corrected chi connectivity index (χ1v) is 13.8. The SMILES string of the molecule is Cc1ccc(C)n1-c1ccc(OCc2ccc(C(=O)N/N=C/c3ccc(N(C)C)cc3OCc3ccc(F)cc3)o2)cc1. The molecule has 220 valence electrons. The van der Waals surface area contributed by atoms with Gasteiger partial charge in [-0.15, -0.1) is 0 Å². The number of nitrogens with one attached hydrogen (secondary N) is 1. The van der Waals surface area contributed by atoms with E-state index in [-0.39, 0.29) is 24.8 Å². The molecule has 0 aliphatic carbocycles. The van der Waals surface area contributed by atoms with E-state index in [2.05, 4.69) is 41.1 Å². The van der Waals surface area contributed by atoms with Crippen molar-refractivity contribution >= 4 is 17.8 Å². The lowest BCUT2D eigenvalue weighted by Crippen LogP contribution is -2.17. The van der Waals surface area contributed by atoms with Gasteiger partial charge in [-0.05, 0) is 92.2 Å². The number of rotatable bonds is 11. The van der Waals surface area contributed by atoms with Crippen molar-refractivity contribution in [2.45, 2.75) is 27.1 Å². The van der Waals surface area contributed by atoms with Crippen LogP contribution in [-0.4, -0.2) is 30.8 Å². The van der Waals surface area contributed by atoms with E-state index < -0.39 is 5.91 Å². The van der Waals surface area contributed by atoms with Crippen molar-refractivity contribution in [3.63, 3.8) is 0 Å². The summed E-state index contributed by atoms with van der Waals surface area (Å²) < 4.78 is 33.0. The molecule has 3 aromatic carbocycles. The van der Waals surface area contributed by atoms with Gasteiger partial charge < -0.3 is 23.4 Å². The Morgan fingerprint density at radius 3 is 2.33 bits per heavy atom. The molecule has 0 atom stereocenters. The van der Waals surface area contributed by atoms with Gasteiger partial charge in [0.15, 0.2) is 5.76 Å². The summed E-state index contributed by atoms with van der Waals surface area (Å²) in [6.45, 7) is 4.56. The molecule has 0 aliphatic rings. The fraction of sp³-hybridized carbons (Fsp3) is 0.176. The molecular formula is C34H33FN4O4. The Labute approximate surface area is 250 Å². The summed E-state index contributed by atoms with van der Waals surface area (Å²) in [5, 5.41) is 4.10. The number of amides is 1. The van der Waals surface area contributed by atoms with Crippen molar-refractivity contribution in [2.24, 2.45) is 5.10 Å². The molecule has 0 bridgehead atoms. The number of anilines is 1. The van der Waals surface area contributed by atoms with Crippen molar-refractivity contribution in [1.29, 1.82) is 0 Å². The average Bonchev–Trinajstić information content (AvgIpc) is 3.62. The number of hydrogen-bond acceptors (Lipinski definition) is 6. The van der Waals surface area contributed by atoms with E-state index in [1.165, 1.54) is 18.3 Å². The summed E-state index contributed by atoms with van der Waals surface area (Å²) >= 11 is 0. The minimum Gasteiger partial charge on any atom is -0.488 e. The first kappa shape index (κ1) is 29.2. The second-order valence-electron chi connectivity index (χ2n) is 10.2. The summed E-state index contributed by atoms with van der Waals surface area (Å²) in [6.07, 6.45) is 1.50. The molecule has 8 nitrogen and oxygen atoms in total. The lowest BCUT2D eigenvalue weighted by Gasteiger charge is -2.16. The van der Waals surface area contributed by atoms with Gasteiger partial charge in [-0.25, -0.2) is 9.82 Å². The number of nitrogens with zero attached hydrogens (tertiary/aromatic N) is 3. The molecule has 2 aromatic heterocycles. The maximum Gasteiger partial charge on any atom is 0.307 e. The Hall–Kier alpha value is -5.31. The van der Waals surface area contributed by atoms with Crippen LogP contribution in [-0.2, 0) is 13.2 Å². The molecule has 0 spiro atoms. The molecule has 5 aromatic rings. The largest absolute Gasteiger partial charge is 0.488 e. The van der Waals surface area contributed by atoms with Crippen molar-refractivity contribution in [2.75, 3.05) is 19.0 Å². The van der Waals surface area contributed by atoms with E-state index in [1.54, 1.807) is 24.3 Å². The molecule has 2 heterocycles. The third-order valence-corrected chi connectivity index (χ3v) is 6.82. The number of hydrazone groups is 1. The van der Waals surface area contributed by atoms with Crippen molar-refractivity contribution in [1.82, 2.24) is 9.99 Å². The third-order valence-electron chi connectivity index (χ3n) is 6.82. The van der Waals surface area contributed by atoms with Crippen LogP contribution in [0, 0.1) is 19.7 Å². The van der Waals surface area contributed by atoms with Gasteiger partial charge in [0, 0.05) is 48.5 Å². The predicted molar refractivity (Wildman–Crippen MR) is 165 cm³/mol. The van der Waals surface area contributed by atoms with Crippen LogP contribution >= 0.6 is 0 Å². The fourth-order valence-electron chi connectivity index (χ4n) is 4.49. The van der Waals surface area contributed by atoms with E-state index in [9.17, 15) is 9.18 Å². The van der Waals surface area contributed by atoms with Gasteiger partial charge in [-0.3, -0.25) is 4.79 Å². The summed E-state index contributed by atoms with van der Waals surface area (Å²) in [5.74, 6) is 1.07. The van der Waals surface area contributed by atoms with Crippen LogP contribution in [0.5, 0.6) is 11.5 Å². The molecule has 0 aliphatic heterocycles. The number of benzene rings is 3. The van der Waals surface area contributed by atoms with Gasteiger partial charge in [-0.1, -0.05) is 12.1 Å². The standard InChI is InChI=1S/C34H33FN4O4/c1-23-5-6-24(2)39(23)28-13-15-30(16-14-28)41-22-31-17-18-32(43-31)34(40)37-36-20-26-9-12-29(38(3)4)19-33(26)42-21-25-7-10-27(35)11-8-25/h5-20H,21-22H2,1-4H3,(H,37,40)/b36-20+. The van der Waals surface area contributed by atoms with Crippen LogP contribution in [0.25, 0.3) is 5.69 Å². The normalized spacial score (nSPS) is 11.1. The Balaban J connectivity index is 1.17. The minimum absolute atomic E-state index is 0.111. The van der Waals surface area contributed by atoms with Gasteiger partial charge in [-0.2, -0.15) is 5.10 Å². The zero-order valence-electron chi connectivity index (χ0n) is 24.5. The van der Waals surface area contributed by atoms with E-state index in [0.29, 0.717) is 22.8 Å². The molecule has 1 N–H and O–H groups in total. The molecule has 43 heavy (non-hydrogen) atoms. The van der Waals surface area contributed by atoms with E-state index in [0.717, 1.165) is 28.3 Å². The lowest BCUT2D eigenvalue weighted by molar-refractivity contribution is 0.0923. The molecule has 5 rings (SSSR count). The molecular weight excluding hydrogens is 547 g/mol. The Kier molecular flexibility index (Phi) is 8.90. The third kappa shape index (κ3) is 7.32. The first-order chi connectivity index (χ1) is 20.8. The highest BCUT2D eigenvalue weighted by Gasteiger charge is 2.12. The number of aromatic nitrogens is 1. The van der Waals surface area contributed by atoms with Gasteiger partial charge in [0.1, 0.15) is 36.3 Å². The van der Waals surface area contributed by atoms with E-state index in [4.69, 9.17) is 13.9 Å². The number of furan rings is 1. The van der Waals surface area contributed by atoms with Gasteiger partial charge in [0.25, 0.3) is 0 Å². The molecule has 0 saturated carbocycles. The van der Waals surface area contributed by atoms with Crippen LogP contribution in [0.4, 0.5) is 10.1 Å². The highest BCUT2D eigenvalue weighted by atomic mass is 19.1. The number of ether oxygens (including phenoxy) is 2. The number of carbonyl (C=O) groups is 1. The highest BCUT2D eigenvalue weighted by Crippen LogP contribution is 2.25. The zero-order valence-corrected chi connectivity index (χ0v) is 24.5. The summed E-state index contributed by atoms with van der Waals surface area (Å²) in [4.78, 5) is 14.6. The van der Waals surface area contributed by atoms with Crippen LogP contribution in [0.2, 0.25) is 0 Å². The summed E-state index contributed by atoms with van der Waals surface area (Å²) in [7, 11) is 3.86. The first-order valence-electron chi connectivity index (χ1n) is 13.8. The maximum absolute atomic E-state index is 13.3. The second kappa shape index (κ2) is 13.1. The monoisotopic (exact) mass is 580 g/mol. The Bertz CT molecular complexity index is 1700. The summed E-state index contributed by atoms with van der Waals surface area (Å²) in [5.41, 5.74) is 8.30. The van der Waals surface area contributed by atoms with Gasteiger partial charge in [0.2, 0.25) is 0 Å². The number of hydrogen-bond donors (Lipinski definition) is 1. The molecule has 0 saturated heterocycles. The van der Waals surface area contributed by atoms with Crippen LogP contribution in [0.15, 0.2) is 101 Å². The molecule has 0 unspecified atom stereocenters. The van der Waals surface area contributed by atoms with Crippen molar-refractivity contribution < 1.29 is 23.1 Å². The predicted octanol–water partition coefficient (Wildman–Crippen LogP) is 6.81. The van der Waals surface area contributed by atoms with Crippen LogP contribution in [0.1, 0.15) is 38.8 Å². The average molecular weight is 581 g/mol. The maximum atomic E-state index is 13.3. The zero-order chi connectivity index (χ0) is 30.3. The molecule has 9 heteroatoms. The number of aryl methyl sites for hydroxylation is 2. The van der Waals surface area contributed by atoms with E-state index >= 15 is 0 Å². The second-order valence-corrected chi connectivity index (χ2v) is 10.2. The molecule has 0 radical (unpaired) electrons. The molecule has 1 amide bonds. The topological polar surface area (TPSA) is 81.2 Å². The Morgan fingerprint density at radius 2 is 1.63 bits per heavy atom. The number of halogens is 1. The molecule has 0 fully saturated rings. The van der Waals surface area contributed by atoms with Gasteiger partial charge >= 0.3 is 5.91 Å². The van der Waals surface area contributed by atoms with Gasteiger partial charge in [0.05, 0.1) is 6.21 Å². The number of carbonyl (C=O) groups excluding carboxylic acids is 1. The summed E-state index contributed by atoms with van der Waals surface area (Å²) in [6, 6.07) is 27.0. The van der Waals surface area contributed by atoms with Crippen LogP contribution < -0.4 is 19.8 Å². The van der Waals surface area contributed by atoms with Crippen LogP contribution in [0.3, 0.4) is 0 Å². The minimum atomic E-state index is -0.497. The van der Waals surface area contributed by atoms with Crippen molar-refractivity contribution in [3.8, 4) is 17.2 Å². The lowest BCUT2D eigenvalue weighted by atomic mass is 10.2. The Morgan fingerprint density at radius 1 is 0.907 bits per heavy atom. The van der Waals surface area contributed by atoms with Crippen molar-refractivity contribution in [3.05, 3.63) is 131 Å². The fourth-order valence-corrected chi connectivity index (χ4v) is 4.49.